The van der Waals surface area contributed by atoms with Crippen LogP contribution >= 0.6 is 0 Å². The zero-order valence-corrected chi connectivity index (χ0v) is 12.3. The molecule has 112 valence electrons. The van der Waals surface area contributed by atoms with E-state index in [2.05, 4.69) is 11.8 Å². The lowest BCUT2D eigenvalue weighted by Crippen LogP contribution is -2.34. The minimum atomic E-state index is -0.814. The highest BCUT2D eigenvalue weighted by Crippen LogP contribution is 2.30. The Hall–Kier alpha value is -1.13. The van der Waals surface area contributed by atoms with Gasteiger partial charge < -0.3 is 14.7 Å². The number of hydrogen-bond acceptors (Lipinski definition) is 3. The monoisotopic (exact) mass is 281 g/mol. The summed E-state index contributed by atoms with van der Waals surface area (Å²) in [4.78, 5) is 2.34. The van der Waals surface area contributed by atoms with Gasteiger partial charge in [0.1, 0.15) is 11.6 Å². The predicted molar refractivity (Wildman–Crippen MR) is 77.4 cm³/mol. The van der Waals surface area contributed by atoms with Crippen molar-refractivity contribution in [2.24, 2.45) is 5.92 Å². The first-order valence-corrected chi connectivity index (χ1v) is 7.34. The van der Waals surface area contributed by atoms with Crippen LogP contribution in [0.15, 0.2) is 18.2 Å². The number of nitrogens with zero attached hydrogens (tertiary/aromatic N) is 1. The maximum Gasteiger partial charge on any atom is 0.132 e. The van der Waals surface area contributed by atoms with Crippen molar-refractivity contribution in [2.75, 3.05) is 26.7 Å². The summed E-state index contributed by atoms with van der Waals surface area (Å²) in [6, 6.07) is 4.64. The average molecular weight is 281 g/mol. The van der Waals surface area contributed by atoms with E-state index < -0.39 is 11.9 Å². The largest absolute Gasteiger partial charge is 0.496 e. The van der Waals surface area contributed by atoms with Crippen LogP contribution in [0.3, 0.4) is 0 Å². The molecule has 3 nitrogen and oxygen atoms in total. The molecular formula is C16H24FNO2. The van der Waals surface area contributed by atoms with Crippen LogP contribution in [0.1, 0.15) is 37.9 Å². The fraction of sp³-hybridized carbons (Fsp3) is 0.625. The van der Waals surface area contributed by atoms with E-state index in [1.54, 1.807) is 12.1 Å². The van der Waals surface area contributed by atoms with Gasteiger partial charge in [0.15, 0.2) is 0 Å². The minimum absolute atomic E-state index is 0.278. The third-order valence-electron chi connectivity index (χ3n) is 4.16. The van der Waals surface area contributed by atoms with Gasteiger partial charge in [0, 0.05) is 6.54 Å². The summed E-state index contributed by atoms with van der Waals surface area (Å²) in [5.41, 5.74) is 0.278. The highest BCUT2D eigenvalue weighted by Gasteiger charge is 2.21. The molecular weight excluding hydrogens is 257 g/mol. The van der Waals surface area contributed by atoms with Crippen LogP contribution in [-0.2, 0) is 0 Å². The zero-order valence-electron chi connectivity index (χ0n) is 12.3. The van der Waals surface area contributed by atoms with Gasteiger partial charge in [-0.15, -0.1) is 0 Å². The van der Waals surface area contributed by atoms with Crippen LogP contribution in [0.25, 0.3) is 0 Å². The molecule has 4 heteroatoms. The number of hydrogen-bond donors (Lipinski definition) is 1. The Kier molecular flexibility index (Phi) is 5.38. The third kappa shape index (κ3) is 3.70. The molecule has 0 aliphatic carbocycles. The van der Waals surface area contributed by atoms with Crippen LogP contribution in [0.5, 0.6) is 5.75 Å². The average Bonchev–Trinajstić information content (AvgIpc) is 2.46. The normalized spacial score (nSPS) is 19.0. The smallest absolute Gasteiger partial charge is 0.132 e. The van der Waals surface area contributed by atoms with Gasteiger partial charge in [-0.2, -0.15) is 0 Å². The highest BCUT2D eigenvalue weighted by atomic mass is 19.1. The Labute approximate surface area is 120 Å². The SMILES string of the molecule is COc1cccc(F)c1C(O)CCN1CCC(C)CC1. The Morgan fingerprint density at radius 1 is 1.40 bits per heavy atom. The Morgan fingerprint density at radius 3 is 2.75 bits per heavy atom. The molecule has 1 heterocycles. The number of rotatable bonds is 5. The standard InChI is InChI=1S/C16H24FNO2/c1-12-6-9-18(10-7-12)11-8-14(19)16-13(17)4-3-5-15(16)20-2/h3-5,12,14,19H,6-11H2,1-2H3. The molecule has 1 atom stereocenters. The quantitative estimate of drug-likeness (QED) is 0.900. The summed E-state index contributed by atoms with van der Waals surface area (Å²) >= 11 is 0. The lowest BCUT2D eigenvalue weighted by Gasteiger charge is -2.30. The summed E-state index contributed by atoms with van der Waals surface area (Å²) in [7, 11) is 1.50. The number of benzene rings is 1. The van der Waals surface area contributed by atoms with E-state index in [9.17, 15) is 9.50 Å². The van der Waals surface area contributed by atoms with E-state index in [0.717, 1.165) is 25.6 Å². The summed E-state index contributed by atoms with van der Waals surface area (Å²) in [6.07, 6.45) is 2.13. The van der Waals surface area contributed by atoms with E-state index in [-0.39, 0.29) is 5.56 Å². The lowest BCUT2D eigenvalue weighted by molar-refractivity contribution is 0.120. The first-order valence-electron chi connectivity index (χ1n) is 7.34. The van der Waals surface area contributed by atoms with Crippen LogP contribution in [0.2, 0.25) is 0 Å². The van der Waals surface area contributed by atoms with Gasteiger partial charge in [0.2, 0.25) is 0 Å². The highest BCUT2D eigenvalue weighted by molar-refractivity contribution is 5.36. The summed E-state index contributed by atoms with van der Waals surface area (Å²) in [5.74, 6) is 0.816. The fourth-order valence-electron chi connectivity index (χ4n) is 2.75. The number of halogens is 1. The summed E-state index contributed by atoms with van der Waals surface area (Å²) in [6.45, 7) is 5.21. The second-order valence-electron chi connectivity index (χ2n) is 5.68. The number of aliphatic hydroxyl groups is 1. The van der Waals surface area contributed by atoms with Gasteiger partial charge in [0.05, 0.1) is 18.8 Å². The molecule has 2 rings (SSSR count). The lowest BCUT2D eigenvalue weighted by atomic mass is 9.98. The van der Waals surface area contributed by atoms with Crippen LogP contribution in [-0.4, -0.2) is 36.8 Å². The number of methoxy groups -OCH3 is 1. The summed E-state index contributed by atoms with van der Waals surface area (Å²) < 4.78 is 19.0. The number of aliphatic hydroxyl groups excluding tert-OH is 1. The van der Waals surface area contributed by atoms with Gasteiger partial charge in [0.25, 0.3) is 0 Å². The Morgan fingerprint density at radius 2 is 2.10 bits per heavy atom. The Bertz CT molecular complexity index is 430. The first kappa shape index (κ1) is 15.3. The molecule has 1 unspecified atom stereocenters. The molecule has 0 radical (unpaired) electrons. The predicted octanol–water partition coefficient (Wildman–Crippen LogP) is 2.99. The van der Waals surface area contributed by atoms with Gasteiger partial charge in [-0.3, -0.25) is 0 Å². The number of ether oxygens (including phenoxy) is 1. The molecule has 0 saturated carbocycles. The molecule has 20 heavy (non-hydrogen) atoms. The molecule has 1 aliphatic rings. The van der Waals surface area contributed by atoms with Gasteiger partial charge in [-0.25, -0.2) is 4.39 Å². The van der Waals surface area contributed by atoms with Crippen molar-refractivity contribution in [3.8, 4) is 5.75 Å². The molecule has 1 N–H and O–H groups in total. The number of likely N-dealkylation sites (tertiary alicyclic amines) is 1. The van der Waals surface area contributed by atoms with Gasteiger partial charge in [-0.05, 0) is 50.4 Å². The van der Waals surface area contributed by atoms with E-state index in [0.29, 0.717) is 12.2 Å². The van der Waals surface area contributed by atoms with Crippen molar-refractivity contribution >= 4 is 0 Å². The van der Waals surface area contributed by atoms with Crippen LogP contribution < -0.4 is 4.74 Å². The van der Waals surface area contributed by atoms with Crippen molar-refractivity contribution in [2.45, 2.75) is 32.3 Å². The maximum atomic E-state index is 13.9. The molecule has 1 aromatic rings. The van der Waals surface area contributed by atoms with Crippen molar-refractivity contribution in [3.05, 3.63) is 29.6 Å². The minimum Gasteiger partial charge on any atom is -0.496 e. The molecule has 0 aromatic heterocycles. The molecule has 0 spiro atoms. The van der Waals surface area contributed by atoms with Crippen molar-refractivity contribution in [3.63, 3.8) is 0 Å². The van der Waals surface area contributed by atoms with E-state index >= 15 is 0 Å². The second-order valence-corrected chi connectivity index (χ2v) is 5.68. The van der Waals surface area contributed by atoms with Crippen LogP contribution in [0, 0.1) is 11.7 Å². The third-order valence-corrected chi connectivity index (χ3v) is 4.16. The van der Waals surface area contributed by atoms with Gasteiger partial charge in [-0.1, -0.05) is 13.0 Å². The Balaban J connectivity index is 1.93. The van der Waals surface area contributed by atoms with E-state index in [1.807, 2.05) is 0 Å². The summed E-state index contributed by atoms with van der Waals surface area (Å²) in [5, 5.41) is 10.2. The zero-order chi connectivity index (χ0) is 14.5. The molecule has 1 fully saturated rings. The molecule has 1 aromatic carbocycles. The molecule has 0 bridgehead atoms. The number of piperidine rings is 1. The molecule has 1 saturated heterocycles. The fourth-order valence-corrected chi connectivity index (χ4v) is 2.75. The second kappa shape index (κ2) is 7.04. The van der Waals surface area contributed by atoms with Crippen molar-refractivity contribution < 1.29 is 14.2 Å². The van der Waals surface area contributed by atoms with Crippen molar-refractivity contribution in [1.82, 2.24) is 4.90 Å². The van der Waals surface area contributed by atoms with Crippen LogP contribution in [0.4, 0.5) is 4.39 Å². The maximum absolute atomic E-state index is 13.9. The molecule has 1 aliphatic heterocycles. The topological polar surface area (TPSA) is 32.7 Å². The van der Waals surface area contributed by atoms with Gasteiger partial charge >= 0.3 is 0 Å². The van der Waals surface area contributed by atoms with Crippen molar-refractivity contribution in [1.29, 1.82) is 0 Å². The van der Waals surface area contributed by atoms with E-state index in [1.165, 1.54) is 26.0 Å². The van der Waals surface area contributed by atoms with E-state index in [4.69, 9.17) is 4.74 Å². The molecule has 0 amide bonds. The first-order chi connectivity index (χ1) is 9.61.